The van der Waals surface area contributed by atoms with Crippen molar-refractivity contribution in [3.05, 3.63) is 53.1 Å². The lowest BCUT2D eigenvalue weighted by Crippen LogP contribution is -2.33. The topological polar surface area (TPSA) is 80.2 Å². The Morgan fingerprint density at radius 1 is 1.24 bits per heavy atom. The molecule has 6 nitrogen and oxygen atoms in total. The standard InChI is InChI=1S/C19H22N2O4/c1-12-8-9-16(10-13(12)2)25-14(3)19(23)21-20-11-15-6-5-7-17(24-4)18(15)22/h5-11,14,22H,1-4H3,(H,21,23)/b20-11+. The minimum Gasteiger partial charge on any atom is -0.504 e. The Morgan fingerprint density at radius 2 is 2.00 bits per heavy atom. The van der Waals surface area contributed by atoms with Crippen LogP contribution >= 0.6 is 0 Å². The largest absolute Gasteiger partial charge is 0.504 e. The van der Waals surface area contributed by atoms with Gasteiger partial charge in [0.2, 0.25) is 0 Å². The molecular formula is C19H22N2O4. The van der Waals surface area contributed by atoms with Gasteiger partial charge in [0.25, 0.3) is 5.91 Å². The van der Waals surface area contributed by atoms with E-state index < -0.39 is 12.0 Å². The molecule has 0 heterocycles. The molecule has 2 N–H and O–H groups in total. The minimum atomic E-state index is -0.710. The maximum atomic E-state index is 12.1. The predicted molar refractivity (Wildman–Crippen MR) is 96.4 cm³/mol. The van der Waals surface area contributed by atoms with Crippen LogP contribution in [0.2, 0.25) is 0 Å². The number of rotatable bonds is 6. The molecule has 1 atom stereocenters. The number of nitrogens with zero attached hydrogens (tertiary/aromatic N) is 1. The first-order valence-corrected chi connectivity index (χ1v) is 7.85. The van der Waals surface area contributed by atoms with Crippen molar-refractivity contribution in [1.29, 1.82) is 0 Å². The first kappa shape index (κ1) is 18.3. The van der Waals surface area contributed by atoms with Gasteiger partial charge in [-0.1, -0.05) is 12.1 Å². The summed E-state index contributed by atoms with van der Waals surface area (Å²) in [5.74, 6) is 0.529. The third-order valence-corrected chi connectivity index (χ3v) is 3.79. The Balaban J connectivity index is 1.96. The smallest absolute Gasteiger partial charge is 0.280 e. The summed E-state index contributed by atoms with van der Waals surface area (Å²) in [5.41, 5.74) is 5.08. The van der Waals surface area contributed by atoms with Gasteiger partial charge in [-0.3, -0.25) is 4.79 Å². The summed E-state index contributed by atoms with van der Waals surface area (Å²) in [7, 11) is 1.46. The van der Waals surface area contributed by atoms with Gasteiger partial charge in [0.15, 0.2) is 17.6 Å². The number of carbonyl (C=O) groups excluding carboxylic acids is 1. The van der Waals surface area contributed by atoms with Crippen molar-refractivity contribution in [2.24, 2.45) is 5.10 Å². The first-order chi connectivity index (χ1) is 11.9. The van der Waals surface area contributed by atoms with Crippen molar-refractivity contribution in [1.82, 2.24) is 5.43 Å². The van der Waals surface area contributed by atoms with E-state index in [-0.39, 0.29) is 5.75 Å². The molecule has 0 aliphatic heterocycles. The molecule has 0 saturated carbocycles. The van der Waals surface area contributed by atoms with Crippen molar-refractivity contribution >= 4 is 12.1 Å². The number of methoxy groups -OCH3 is 1. The highest BCUT2D eigenvalue weighted by atomic mass is 16.5. The molecule has 2 aromatic carbocycles. The van der Waals surface area contributed by atoms with E-state index in [4.69, 9.17) is 9.47 Å². The first-order valence-electron chi connectivity index (χ1n) is 7.85. The Bertz CT molecular complexity index is 787. The SMILES string of the molecule is COc1cccc(/C=N/NC(=O)C(C)Oc2ccc(C)c(C)c2)c1O. The summed E-state index contributed by atoms with van der Waals surface area (Å²) in [4.78, 5) is 12.1. The Morgan fingerprint density at radius 3 is 2.68 bits per heavy atom. The van der Waals surface area contributed by atoms with Crippen LogP contribution in [0.3, 0.4) is 0 Å². The summed E-state index contributed by atoms with van der Waals surface area (Å²) in [5, 5.41) is 13.8. The highest BCUT2D eigenvalue weighted by Crippen LogP contribution is 2.27. The molecule has 0 spiro atoms. The molecule has 25 heavy (non-hydrogen) atoms. The lowest BCUT2D eigenvalue weighted by molar-refractivity contribution is -0.127. The van der Waals surface area contributed by atoms with Crippen molar-refractivity contribution in [2.75, 3.05) is 7.11 Å². The average molecular weight is 342 g/mol. The minimum absolute atomic E-state index is 0.0394. The average Bonchev–Trinajstić information content (AvgIpc) is 2.59. The van der Waals surface area contributed by atoms with Crippen LogP contribution in [0, 0.1) is 13.8 Å². The summed E-state index contributed by atoms with van der Waals surface area (Å²) in [6, 6.07) is 10.7. The Hall–Kier alpha value is -3.02. The number of ether oxygens (including phenoxy) is 2. The number of amides is 1. The number of carbonyl (C=O) groups is 1. The molecular weight excluding hydrogens is 320 g/mol. The molecule has 0 aliphatic rings. The number of phenolic OH excluding ortho intramolecular Hbond substituents is 1. The Kier molecular flexibility index (Phi) is 6.00. The van der Waals surface area contributed by atoms with Crippen molar-refractivity contribution < 1.29 is 19.4 Å². The van der Waals surface area contributed by atoms with Crippen LogP contribution < -0.4 is 14.9 Å². The number of para-hydroxylation sites is 1. The normalized spacial score (nSPS) is 12.0. The van der Waals surface area contributed by atoms with Crippen LogP contribution in [-0.2, 0) is 4.79 Å². The van der Waals surface area contributed by atoms with Gasteiger partial charge in [0, 0.05) is 5.56 Å². The van der Waals surface area contributed by atoms with Gasteiger partial charge >= 0.3 is 0 Å². The second kappa shape index (κ2) is 8.19. The predicted octanol–water partition coefficient (Wildman–Crippen LogP) is 2.94. The van der Waals surface area contributed by atoms with Gasteiger partial charge in [-0.25, -0.2) is 5.43 Å². The van der Waals surface area contributed by atoms with Gasteiger partial charge < -0.3 is 14.6 Å². The van der Waals surface area contributed by atoms with E-state index in [1.165, 1.54) is 13.3 Å². The highest BCUT2D eigenvalue weighted by molar-refractivity contribution is 5.87. The van der Waals surface area contributed by atoms with Gasteiger partial charge in [-0.15, -0.1) is 0 Å². The van der Waals surface area contributed by atoms with Crippen molar-refractivity contribution in [3.8, 4) is 17.2 Å². The van der Waals surface area contributed by atoms with E-state index in [1.54, 1.807) is 25.1 Å². The lowest BCUT2D eigenvalue weighted by atomic mass is 10.1. The molecule has 132 valence electrons. The fourth-order valence-corrected chi connectivity index (χ4v) is 2.11. The quantitative estimate of drug-likeness (QED) is 0.625. The van der Waals surface area contributed by atoms with Crippen LogP contribution in [0.4, 0.5) is 0 Å². The molecule has 0 aliphatic carbocycles. The molecule has 2 rings (SSSR count). The van der Waals surface area contributed by atoms with Crippen LogP contribution in [0.15, 0.2) is 41.5 Å². The molecule has 0 radical (unpaired) electrons. The van der Waals surface area contributed by atoms with E-state index >= 15 is 0 Å². The van der Waals surface area contributed by atoms with Crippen LogP contribution in [0.1, 0.15) is 23.6 Å². The molecule has 0 saturated heterocycles. The number of benzene rings is 2. The van der Waals surface area contributed by atoms with Crippen molar-refractivity contribution in [2.45, 2.75) is 26.9 Å². The zero-order chi connectivity index (χ0) is 18.4. The number of hydrazone groups is 1. The van der Waals surface area contributed by atoms with Gasteiger partial charge in [0.1, 0.15) is 5.75 Å². The number of nitrogens with one attached hydrogen (secondary N) is 1. The third-order valence-electron chi connectivity index (χ3n) is 3.79. The van der Waals surface area contributed by atoms with Crippen molar-refractivity contribution in [3.63, 3.8) is 0 Å². The van der Waals surface area contributed by atoms with E-state index in [1.807, 2.05) is 32.0 Å². The van der Waals surface area contributed by atoms with E-state index in [9.17, 15) is 9.90 Å². The Labute approximate surface area is 147 Å². The summed E-state index contributed by atoms with van der Waals surface area (Å²) < 4.78 is 10.6. The summed E-state index contributed by atoms with van der Waals surface area (Å²) in [6.45, 7) is 5.64. The molecule has 1 amide bonds. The van der Waals surface area contributed by atoms with Crippen LogP contribution in [0.25, 0.3) is 0 Å². The molecule has 6 heteroatoms. The second-order valence-corrected chi connectivity index (χ2v) is 5.64. The zero-order valence-electron chi connectivity index (χ0n) is 14.7. The lowest BCUT2D eigenvalue weighted by Gasteiger charge is -2.14. The fraction of sp³-hybridized carbons (Fsp3) is 0.263. The number of aryl methyl sites for hydroxylation is 2. The maximum absolute atomic E-state index is 12.1. The third kappa shape index (κ3) is 4.73. The van der Waals surface area contributed by atoms with Gasteiger partial charge in [-0.2, -0.15) is 5.10 Å². The molecule has 0 aromatic heterocycles. The molecule has 0 fully saturated rings. The number of hydrogen-bond donors (Lipinski definition) is 2. The highest BCUT2D eigenvalue weighted by Gasteiger charge is 2.14. The molecule has 2 aromatic rings. The van der Waals surface area contributed by atoms with Crippen LogP contribution in [-0.4, -0.2) is 30.4 Å². The fourth-order valence-electron chi connectivity index (χ4n) is 2.11. The van der Waals surface area contributed by atoms with E-state index in [0.717, 1.165) is 11.1 Å². The maximum Gasteiger partial charge on any atom is 0.280 e. The van der Waals surface area contributed by atoms with Gasteiger partial charge in [0.05, 0.1) is 13.3 Å². The molecule has 1 unspecified atom stereocenters. The summed E-state index contributed by atoms with van der Waals surface area (Å²) in [6.07, 6.45) is 0.636. The second-order valence-electron chi connectivity index (χ2n) is 5.64. The summed E-state index contributed by atoms with van der Waals surface area (Å²) >= 11 is 0. The number of aromatic hydroxyl groups is 1. The number of phenols is 1. The molecule has 0 bridgehead atoms. The van der Waals surface area contributed by atoms with Crippen LogP contribution in [0.5, 0.6) is 17.2 Å². The number of hydrogen-bond acceptors (Lipinski definition) is 5. The monoisotopic (exact) mass is 342 g/mol. The van der Waals surface area contributed by atoms with E-state index in [0.29, 0.717) is 17.1 Å². The van der Waals surface area contributed by atoms with Gasteiger partial charge in [-0.05, 0) is 56.2 Å². The zero-order valence-corrected chi connectivity index (χ0v) is 14.7. The van der Waals surface area contributed by atoms with E-state index in [2.05, 4.69) is 10.5 Å².